The molecule has 1 fully saturated rings. The molecule has 0 spiro atoms. The summed E-state index contributed by atoms with van der Waals surface area (Å²) in [5.41, 5.74) is 1.58. The summed E-state index contributed by atoms with van der Waals surface area (Å²) >= 11 is 0. The summed E-state index contributed by atoms with van der Waals surface area (Å²) in [4.78, 5) is 29.4. The van der Waals surface area contributed by atoms with Crippen LogP contribution in [-0.2, 0) is 0 Å². The number of carbonyl (C=O) groups excluding carboxylic acids is 1. The van der Waals surface area contributed by atoms with Gasteiger partial charge in [0.1, 0.15) is 12.1 Å². The number of aromatic nitrogens is 1. The molecular formula is C17H19N3O4. The van der Waals surface area contributed by atoms with Crippen LogP contribution >= 0.6 is 0 Å². The molecule has 126 valence electrons. The van der Waals surface area contributed by atoms with Gasteiger partial charge in [-0.3, -0.25) is 4.79 Å². The summed E-state index contributed by atoms with van der Waals surface area (Å²) < 4.78 is 5.04. The summed E-state index contributed by atoms with van der Waals surface area (Å²) in [5, 5.41) is 11.9. The largest absolute Gasteiger partial charge is 0.478 e. The third-order valence-electron chi connectivity index (χ3n) is 4.25. The minimum absolute atomic E-state index is 0.108. The van der Waals surface area contributed by atoms with Gasteiger partial charge in [-0.05, 0) is 37.5 Å². The van der Waals surface area contributed by atoms with Crippen LogP contribution in [-0.4, -0.2) is 41.1 Å². The highest BCUT2D eigenvalue weighted by Gasteiger charge is 2.23. The molecule has 1 amide bonds. The van der Waals surface area contributed by atoms with Crippen molar-refractivity contribution in [1.29, 1.82) is 0 Å². The second-order valence-electron chi connectivity index (χ2n) is 5.91. The Morgan fingerprint density at radius 3 is 2.58 bits per heavy atom. The van der Waals surface area contributed by atoms with Gasteiger partial charge in [0.2, 0.25) is 0 Å². The molecule has 0 saturated carbocycles. The number of aryl methyl sites for hydroxylation is 1. The van der Waals surface area contributed by atoms with Crippen molar-refractivity contribution in [3.8, 4) is 0 Å². The molecule has 0 atom stereocenters. The fourth-order valence-corrected chi connectivity index (χ4v) is 2.81. The Kier molecular flexibility index (Phi) is 4.50. The van der Waals surface area contributed by atoms with Crippen LogP contribution in [0.4, 0.5) is 5.82 Å². The molecule has 24 heavy (non-hydrogen) atoms. The van der Waals surface area contributed by atoms with E-state index in [0.717, 1.165) is 37.3 Å². The Morgan fingerprint density at radius 1 is 1.29 bits per heavy atom. The fraction of sp³-hybridized carbons (Fsp3) is 0.353. The summed E-state index contributed by atoms with van der Waals surface area (Å²) in [6.45, 7) is 3.36. The molecule has 3 heterocycles. The van der Waals surface area contributed by atoms with Gasteiger partial charge in [0.25, 0.3) is 5.91 Å². The van der Waals surface area contributed by atoms with E-state index in [4.69, 9.17) is 9.52 Å². The second kappa shape index (κ2) is 6.74. The number of nitrogens with zero attached hydrogens (tertiary/aromatic N) is 2. The zero-order valence-electron chi connectivity index (χ0n) is 13.4. The van der Waals surface area contributed by atoms with Crippen molar-refractivity contribution in [2.24, 2.45) is 0 Å². The Labute approximate surface area is 139 Å². The lowest BCUT2D eigenvalue weighted by Gasteiger charge is -2.33. The van der Waals surface area contributed by atoms with Crippen LogP contribution in [0.5, 0.6) is 0 Å². The Balaban J connectivity index is 1.55. The SMILES string of the molecule is Cc1cocc1C(=O)NC1CCN(c2ccc(C(=O)O)cn2)CC1. The average molecular weight is 329 g/mol. The zero-order chi connectivity index (χ0) is 17.1. The number of aromatic carboxylic acids is 1. The normalized spacial score (nSPS) is 15.3. The highest BCUT2D eigenvalue weighted by Crippen LogP contribution is 2.19. The van der Waals surface area contributed by atoms with E-state index in [-0.39, 0.29) is 17.5 Å². The van der Waals surface area contributed by atoms with Gasteiger partial charge < -0.3 is 19.7 Å². The highest BCUT2D eigenvalue weighted by molar-refractivity contribution is 5.95. The summed E-state index contributed by atoms with van der Waals surface area (Å²) in [5.74, 6) is -0.330. The van der Waals surface area contributed by atoms with E-state index >= 15 is 0 Å². The summed E-state index contributed by atoms with van der Waals surface area (Å²) in [6, 6.07) is 3.39. The number of hydrogen-bond acceptors (Lipinski definition) is 5. The molecule has 2 aromatic rings. The van der Waals surface area contributed by atoms with E-state index in [0.29, 0.717) is 5.56 Å². The smallest absolute Gasteiger partial charge is 0.337 e. The maximum absolute atomic E-state index is 12.2. The van der Waals surface area contributed by atoms with Crippen molar-refractivity contribution >= 4 is 17.7 Å². The molecule has 0 bridgehead atoms. The molecular weight excluding hydrogens is 310 g/mol. The predicted molar refractivity (Wildman–Crippen MR) is 87.3 cm³/mol. The molecule has 0 aliphatic carbocycles. The van der Waals surface area contributed by atoms with Gasteiger partial charge in [0.15, 0.2) is 0 Å². The monoisotopic (exact) mass is 329 g/mol. The molecule has 3 rings (SSSR count). The number of nitrogens with one attached hydrogen (secondary N) is 1. The van der Waals surface area contributed by atoms with Crippen LogP contribution in [0, 0.1) is 6.92 Å². The van der Waals surface area contributed by atoms with Gasteiger partial charge in [-0.1, -0.05) is 0 Å². The van der Waals surface area contributed by atoms with Crippen molar-refractivity contribution in [2.45, 2.75) is 25.8 Å². The van der Waals surface area contributed by atoms with Crippen LogP contribution in [0.25, 0.3) is 0 Å². The second-order valence-corrected chi connectivity index (χ2v) is 5.91. The molecule has 0 aromatic carbocycles. The van der Waals surface area contributed by atoms with E-state index in [9.17, 15) is 9.59 Å². The number of rotatable bonds is 4. The van der Waals surface area contributed by atoms with Crippen molar-refractivity contribution in [3.63, 3.8) is 0 Å². The van der Waals surface area contributed by atoms with Crippen LogP contribution in [0.15, 0.2) is 35.3 Å². The summed E-state index contributed by atoms with van der Waals surface area (Å²) in [6.07, 6.45) is 6.01. The van der Waals surface area contributed by atoms with E-state index in [2.05, 4.69) is 15.2 Å². The van der Waals surface area contributed by atoms with Crippen LogP contribution < -0.4 is 10.2 Å². The first kappa shape index (κ1) is 16.0. The number of carbonyl (C=O) groups is 2. The maximum Gasteiger partial charge on any atom is 0.337 e. The van der Waals surface area contributed by atoms with Crippen molar-refractivity contribution in [2.75, 3.05) is 18.0 Å². The third kappa shape index (κ3) is 3.40. The lowest BCUT2D eigenvalue weighted by molar-refractivity contribution is 0.0696. The number of pyridine rings is 1. The number of carboxylic acids is 1. The molecule has 7 nitrogen and oxygen atoms in total. The van der Waals surface area contributed by atoms with Gasteiger partial charge in [-0.2, -0.15) is 0 Å². The molecule has 2 aromatic heterocycles. The van der Waals surface area contributed by atoms with Crippen molar-refractivity contribution in [1.82, 2.24) is 10.3 Å². The average Bonchev–Trinajstić information content (AvgIpc) is 3.02. The number of anilines is 1. The van der Waals surface area contributed by atoms with Crippen LogP contribution in [0.3, 0.4) is 0 Å². The fourth-order valence-electron chi connectivity index (χ4n) is 2.81. The van der Waals surface area contributed by atoms with Crippen LogP contribution in [0.1, 0.15) is 39.1 Å². The molecule has 1 aliphatic heterocycles. The van der Waals surface area contributed by atoms with E-state index in [1.54, 1.807) is 18.4 Å². The standard InChI is InChI=1S/C17H19N3O4/c1-11-9-24-10-14(11)16(21)19-13-4-6-20(7-5-13)15-3-2-12(8-18-15)17(22)23/h2-3,8-10,13H,4-7H2,1H3,(H,19,21)(H,22,23). The van der Waals surface area contributed by atoms with Gasteiger partial charge in [-0.25, -0.2) is 9.78 Å². The Bertz CT molecular complexity index is 731. The molecule has 0 radical (unpaired) electrons. The van der Waals surface area contributed by atoms with Crippen molar-refractivity contribution < 1.29 is 19.1 Å². The molecule has 2 N–H and O–H groups in total. The molecule has 1 saturated heterocycles. The van der Waals surface area contributed by atoms with Gasteiger partial charge in [0, 0.05) is 25.3 Å². The number of hydrogen-bond donors (Lipinski definition) is 2. The first-order chi connectivity index (χ1) is 11.5. The van der Waals surface area contributed by atoms with Gasteiger partial charge in [0.05, 0.1) is 17.4 Å². The lowest BCUT2D eigenvalue weighted by atomic mass is 10.0. The van der Waals surface area contributed by atoms with E-state index in [1.807, 2.05) is 6.92 Å². The van der Waals surface area contributed by atoms with Crippen molar-refractivity contribution in [3.05, 3.63) is 47.5 Å². The number of carboxylic acid groups (broad SMARTS) is 1. The van der Waals surface area contributed by atoms with E-state index < -0.39 is 5.97 Å². The molecule has 0 unspecified atom stereocenters. The Morgan fingerprint density at radius 2 is 2.04 bits per heavy atom. The number of amides is 1. The zero-order valence-corrected chi connectivity index (χ0v) is 13.4. The minimum Gasteiger partial charge on any atom is -0.478 e. The summed E-state index contributed by atoms with van der Waals surface area (Å²) in [7, 11) is 0. The molecule has 7 heteroatoms. The Hall–Kier alpha value is -2.83. The maximum atomic E-state index is 12.2. The first-order valence-electron chi connectivity index (χ1n) is 7.82. The number of piperidine rings is 1. The number of furan rings is 1. The quantitative estimate of drug-likeness (QED) is 0.891. The minimum atomic E-state index is -0.981. The third-order valence-corrected chi connectivity index (χ3v) is 4.25. The molecule has 1 aliphatic rings. The first-order valence-corrected chi connectivity index (χ1v) is 7.82. The predicted octanol–water partition coefficient (Wildman–Crippen LogP) is 2.08. The highest BCUT2D eigenvalue weighted by atomic mass is 16.4. The van der Waals surface area contributed by atoms with E-state index in [1.165, 1.54) is 12.5 Å². The van der Waals surface area contributed by atoms with Crippen LogP contribution in [0.2, 0.25) is 0 Å². The van der Waals surface area contributed by atoms with Gasteiger partial charge >= 0.3 is 5.97 Å². The lowest BCUT2D eigenvalue weighted by Crippen LogP contribution is -2.45. The topological polar surface area (TPSA) is 95.7 Å². The van der Waals surface area contributed by atoms with Gasteiger partial charge in [-0.15, -0.1) is 0 Å².